The van der Waals surface area contributed by atoms with Gasteiger partial charge in [-0.15, -0.1) is 0 Å². The zero-order valence-electron chi connectivity index (χ0n) is 23.1. The number of ether oxygens (including phenoxy) is 1. The Kier molecular flexibility index (Phi) is 10.5. The average Bonchev–Trinajstić information content (AvgIpc) is 2.86. The van der Waals surface area contributed by atoms with Gasteiger partial charge in [-0.25, -0.2) is 4.31 Å². The summed E-state index contributed by atoms with van der Waals surface area (Å²) in [5, 5.41) is 2.93. The fourth-order valence-corrected chi connectivity index (χ4v) is 4.78. The maximum atomic E-state index is 13.8. The second-order valence-electron chi connectivity index (χ2n) is 9.45. The molecule has 2 amide bonds. The van der Waals surface area contributed by atoms with Crippen molar-refractivity contribution in [2.24, 2.45) is 0 Å². The van der Waals surface area contributed by atoms with Gasteiger partial charge in [-0.2, -0.15) is 12.7 Å². The van der Waals surface area contributed by atoms with Gasteiger partial charge in [0, 0.05) is 26.7 Å². The molecule has 0 radical (unpaired) electrons. The molecule has 204 valence electrons. The molecule has 0 bridgehead atoms. The van der Waals surface area contributed by atoms with Gasteiger partial charge >= 0.3 is 10.2 Å². The molecule has 0 unspecified atom stereocenters. The monoisotopic (exact) mass is 532 g/mol. The van der Waals surface area contributed by atoms with E-state index >= 15 is 0 Å². The van der Waals surface area contributed by atoms with Crippen molar-refractivity contribution in [2.45, 2.75) is 59.7 Å². The second-order valence-corrected chi connectivity index (χ2v) is 11.5. The lowest BCUT2D eigenvalue weighted by molar-refractivity contribution is -0.139. The van der Waals surface area contributed by atoms with E-state index in [0.29, 0.717) is 17.0 Å². The number of methoxy groups -OCH3 is 1. The topological polar surface area (TPSA) is 99.3 Å². The van der Waals surface area contributed by atoms with E-state index in [2.05, 4.69) is 5.32 Å². The van der Waals surface area contributed by atoms with Crippen LogP contribution in [0, 0.1) is 13.8 Å². The quantitative estimate of drug-likeness (QED) is 0.452. The van der Waals surface area contributed by atoms with Crippen LogP contribution in [0.25, 0.3) is 0 Å². The minimum atomic E-state index is -4.01. The van der Waals surface area contributed by atoms with Crippen molar-refractivity contribution in [1.82, 2.24) is 14.5 Å². The molecule has 0 fully saturated rings. The van der Waals surface area contributed by atoms with Gasteiger partial charge in [0.15, 0.2) is 0 Å². The summed E-state index contributed by atoms with van der Waals surface area (Å²) in [5.41, 5.74) is 2.78. The van der Waals surface area contributed by atoms with Crippen molar-refractivity contribution >= 4 is 27.7 Å². The normalized spacial score (nSPS) is 13.1. The Balaban J connectivity index is 2.50. The maximum absolute atomic E-state index is 13.8. The second kappa shape index (κ2) is 12.9. The molecule has 0 heterocycles. The minimum Gasteiger partial charge on any atom is -0.497 e. The Hall–Kier alpha value is -3.11. The van der Waals surface area contributed by atoms with E-state index in [1.54, 1.807) is 39.2 Å². The van der Waals surface area contributed by atoms with Crippen molar-refractivity contribution < 1.29 is 22.7 Å². The summed E-state index contributed by atoms with van der Waals surface area (Å²) < 4.78 is 34.1. The number of aryl methyl sites for hydroxylation is 2. The maximum Gasteiger partial charge on any atom is 0.304 e. The number of hydrogen-bond donors (Lipinski definition) is 1. The average molecular weight is 533 g/mol. The number of rotatable bonds is 12. The number of nitrogens with one attached hydrogen (secondary N) is 1. The molecule has 0 aromatic heterocycles. The number of hydrogen-bond acceptors (Lipinski definition) is 5. The molecule has 37 heavy (non-hydrogen) atoms. The van der Waals surface area contributed by atoms with E-state index in [1.165, 1.54) is 19.0 Å². The van der Waals surface area contributed by atoms with Gasteiger partial charge in [0.2, 0.25) is 11.8 Å². The number of carbonyl (C=O) groups excluding carboxylic acids is 2. The van der Waals surface area contributed by atoms with Crippen LogP contribution in [-0.4, -0.2) is 69.3 Å². The Morgan fingerprint density at radius 3 is 2.19 bits per heavy atom. The highest BCUT2D eigenvalue weighted by atomic mass is 32.2. The molecule has 2 atom stereocenters. The predicted molar refractivity (Wildman–Crippen MR) is 147 cm³/mol. The van der Waals surface area contributed by atoms with Crippen molar-refractivity contribution in [1.29, 1.82) is 0 Å². The molecule has 0 aliphatic rings. The lowest BCUT2D eigenvalue weighted by atomic mass is 10.1. The third kappa shape index (κ3) is 7.69. The zero-order valence-corrected chi connectivity index (χ0v) is 23.9. The zero-order chi connectivity index (χ0) is 27.9. The summed E-state index contributed by atoms with van der Waals surface area (Å²) in [7, 11) is 0.412. The molecule has 9 nitrogen and oxygen atoms in total. The lowest BCUT2D eigenvalue weighted by Gasteiger charge is -2.33. The third-order valence-corrected chi connectivity index (χ3v) is 8.14. The molecule has 0 aliphatic heterocycles. The Labute approximate surface area is 221 Å². The van der Waals surface area contributed by atoms with Gasteiger partial charge in [-0.1, -0.05) is 31.2 Å². The summed E-state index contributed by atoms with van der Waals surface area (Å²) in [6, 6.07) is 11.8. The molecule has 2 aromatic rings. The highest BCUT2D eigenvalue weighted by Gasteiger charge is 2.33. The number of nitrogens with zero attached hydrogens (tertiary/aromatic N) is 3. The first kappa shape index (κ1) is 30.1. The fourth-order valence-electron chi connectivity index (χ4n) is 3.67. The first-order valence-electron chi connectivity index (χ1n) is 12.3. The van der Waals surface area contributed by atoms with E-state index < -0.39 is 28.7 Å². The van der Waals surface area contributed by atoms with Gasteiger partial charge in [0.1, 0.15) is 18.3 Å². The Bertz CT molecular complexity index is 1180. The molecule has 0 saturated heterocycles. The van der Waals surface area contributed by atoms with E-state index in [1.807, 2.05) is 45.0 Å². The minimum absolute atomic E-state index is 0.0616. The smallest absolute Gasteiger partial charge is 0.304 e. The van der Waals surface area contributed by atoms with Gasteiger partial charge in [-0.05, 0) is 69.0 Å². The van der Waals surface area contributed by atoms with Crippen LogP contribution < -0.4 is 14.4 Å². The third-order valence-electron chi connectivity index (χ3n) is 6.33. The summed E-state index contributed by atoms with van der Waals surface area (Å²) in [4.78, 5) is 28.3. The largest absolute Gasteiger partial charge is 0.497 e. The standard InChI is InChI=1S/C27H40N4O5S/c1-9-21(4)28-27(33)22(5)30(17-23-12-14-24(36-8)15-13-23)26(32)18-31(37(34,35)29(6)7)25-16-19(2)10-11-20(25)3/h10-16,21-22H,9,17-18H2,1-8H3,(H,28,33)/t21-,22+/m0/s1. The van der Waals surface area contributed by atoms with Crippen LogP contribution in [0.15, 0.2) is 42.5 Å². The summed E-state index contributed by atoms with van der Waals surface area (Å²) in [5.74, 6) is -0.124. The van der Waals surface area contributed by atoms with Crippen LogP contribution in [0.2, 0.25) is 0 Å². The van der Waals surface area contributed by atoms with E-state index in [4.69, 9.17) is 4.74 Å². The SMILES string of the molecule is CC[C@H](C)NC(=O)[C@@H](C)N(Cc1ccc(OC)cc1)C(=O)CN(c1cc(C)ccc1C)S(=O)(=O)N(C)C. The molecular formula is C27H40N4O5S. The van der Waals surface area contributed by atoms with Crippen molar-refractivity contribution in [2.75, 3.05) is 32.1 Å². The number of amides is 2. The molecule has 2 aromatic carbocycles. The van der Waals surface area contributed by atoms with E-state index in [0.717, 1.165) is 26.2 Å². The fraction of sp³-hybridized carbons (Fsp3) is 0.481. The van der Waals surface area contributed by atoms with Gasteiger partial charge in [0.25, 0.3) is 0 Å². The molecule has 2 rings (SSSR count). The number of benzene rings is 2. The van der Waals surface area contributed by atoms with Crippen molar-refractivity contribution in [3.05, 3.63) is 59.2 Å². The predicted octanol–water partition coefficient (Wildman–Crippen LogP) is 3.26. The van der Waals surface area contributed by atoms with E-state index in [-0.39, 0.29) is 18.5 Å². The molecular weight excluding hydrogens is 492 g/mol. The molecule has 10 heteroatoms. The molecule has 0 spiro atoms. The summed E-state index contributed by atoms with van der Waals surface area (Å²) >= 11 is 0. The number of carbonyl (C=O) groups is 2. The van der Waals surface area contributed by atoms with Crippen LogP contribution in [0.5, 0.6) is 5.75 Å². The van der Waals surface area contributed by atoms with Crippen LogP contribution in [0.3, 0.4) is 0 Å². The molecule has 1 N–H and O–H groups in total. The molecule has 0 saturated carbocycles. The van der Waals surface area contributed by atoms with Crippen LogP contribution in [-0.2, 0) is 26.3 Å². The summed E-state index contributed by atoms with van der Waals surface area (Å²) in [6.45, 7) is 8.85. The Morgan fingerprint density at radius 1 is 1.03 bits per heavy atom. The van der Waals surface area contributed by atoms with Gasteiger partial charge in [-0.3, -0.25) is 9.59 Å². The first-order valence-corrected chi connectivity index (χ1v) is 13.7. The van der Waals surface area contributed by atoms with Crippen LogP contribution in [0.1, 0.15) is 43.9 Å². The highest BCUT2D eigenvalue weighted by Crippen LogP contribution is 2.26. The highest BCUT2D eigenvalue weighted by molar-refractivity contribution is 7.90. The van der Waals surface area contributed by atoms with E-state index in [9.17, 15) is 18.0 Å². The lowest BCUT2D eigenvalue weighted by Crippen LogP contribution is -2.53. The van der Waals surface area contributed by atoms with Crippen molar-refractivity contribution in [3.63, 3.8) is 0 Å². The number of anilines is 1. The first-order chi connectivity index (χ1) is 17.3. The van der Waals surface area contributed by atoms with Gasteiger partial charge in [0.05, 0.1) is 12.8 Å². The summed E-state index contributed by atoms with van der Waals surface area (Å²) in [6.07, 6.45) is 0.742. The molecule has 0 aliphatic carbocycles. The van der Waals surface area contributed by atoms with Gasteiger partial charge < -0.3 is 15.0 Å². The van der Waals surface area contributed by atoms with Crippen molar-refractivity contribution in [3.8, 4) is 5.75 Å². The van der Waals surface area contributed by atoms with Crippen LogP contribution >= 0.6 is 0 Å². The van der Waals surface area contributed by atoms with Crippen LogP contribution in [0.4, 0.5) is 5.69 Å². The Morgan fingerprint density at radius 2 is 1.65 bits per heavy atom.